The zero-order chi connectivity index (χ0) is 11.7. The van der Waals surface area contributed by atoms with Crippen LogP contribution in [0.15, 0.2) is 12.4 Å². The summed E-state index contributed by atoms with van der Waals surface area (Å²) in [6.45, 7) is 5.02. The maximum absolute atomic E-state index is 5.47. The maximum atomic E-state index is 5.47. The number of hydrogen-bond donors (Lipinski definition) is 2. The van der Waals surface area contributed by atoms with Gasteiger partial charge in [0, 0.05) is 19.1 Å². The summed E-state index contributed by atoms with van der Waals surface area (Å²) in [7, 11) is 0. The van der Waals surface area contributed by atoms with Gasteiger partial charge in [-0.25, -0.2) is 0 Å². The molecule has 2 aliphatic rings. The minimum atomic E-state index is 0.576. The second kappa shape index (κ2) is 4.49. The summed E-state index contributed by atoms with van der Waals surface area (Å²) in [4.78, 5) is 8.55. The molecule has 1 saturated carbocycles. The average molecular weight is 234 g/mol. The van der Waals surface area contributed by atoms with E-state index in [2.05, 4.69) is 27.5 Å². The van der Waals surface area contributed by atoms with Crippen molar-refractivity contribution in [3.63, 3.8) is 0 Å². The Balaban J connectivity index is 1.59. The maximum Gasteiger partial charge on any atom is 0.234 e. The standard InChI is InChI=1S/C12H18N4O/c1-2-3-17-11-7-14-6-10(15-11)16-12-8-4-13-5-9(8)12/h6-9,12-13H,2-5H2,1H3,(H,15,16). The molecule has 5 nitrogen and oxygen atoms in total. The molecular weight excluding hydrogens is 216 g/mol. The quantitative estimate of drug-likeness (QED) is 0.792. The molecule has 0 bridgehead atoms. The van der Waals surface area contributed by atoms with Crippen molar-refractivity contribution in [3.05, 3.63) is 12.4 Å². The second-order valence-electron chi connectivity index (χ2n) is 4.75. The third-order valence-electron chi connectivity index (χ3n) is 3.47. The third-order valence-corrected chi connectivity index (χ3v) is 3.47. The van der Waals surface area contributed by atoms with Crippen LogP contribution in [-0.4, -0.2) is 35.7 Å². The van der Waals surface area contributed by atoms with E-state index >= 15 is 0 Å². The first-order chi connectivity index (χ1) is 8.38. The van der Waals surface area contributed by atoms with Gasteiger partial charge in [-0.1, -0.05) is 6.92 Å². The molecule has 1 aliphatic carbocycles. The fraction of sp³-hybridized carbons (Fsp3) is 0.667. The number of rotatable bonds is 5. The van der Waals surface area contributed by atoms with E-state index in [0.717, 1.165) is 37.2 Å². The number of fused-ring (bicyclic) bond motifs is 1. The molecule has 2 atom stereocenters. The topological polar surface area (TPSA) is 59.1 Å². The lowest BCUT2D eigenvalue weighted by Gasteiger charge is -2.09. The molecule has 92 valence electrons. The summed E-state index contributed by atoms with van der Waals surface area (Å²) in [5, 5.41) is 6.82. The number of hydrogen-bond acceptors (Lipinski definition) is 5. The lowest BCUT2D eigenvalue weighted by Crippen LogP contribution is -2.21. The van der Waals surface area contributed by atoms with Crippen LogP contribution < -0.4 is 15.4 Å². The molecule has 2 unspecified atom stereocenters. The highest BCUT2D eigenvalue weighted by molar-refractivity contribution is 5.38. The molecule has 0 aromatic carbocycles. The molecule has 0 amide bonds. The van der Waals surface area contributed by atoms with Crippen molar-refractivity contribution in [1.82, 2.24) is 15.3 Å². The number of nitrogens with one attached hydrogen (secondary N) is 2. The summed E-state index contributed by atoms with van der Waals surface area (Å²) in [5.41, 5.74) is 0. The minimum absolute atomic E-state index is 0.576. The molecule has 1 saturated heterocycles. The van der Waals surface area contributed by atoms with Crippen LogP contribution in [0.2, 0.25) is 0 Å². The second-order valence-corrected chi connectivity index (χ2v) is 4.75. The Morgan fingerprint density at radius 2 is 2.24 bits per heavy atom. The van der Waals surface area contributed by atoms with Gasteiger partial charge in [-0.2, -0.15) is 4.98 Å². The van der Waals surface area contributed by atoms with E-state index in [-0.39, 0.29) is 0 Å². The van der Waals surface area contributed by atoms with Gasteiger partial charge in [-0.15, -0.1) is 0 Å². The van der Waals surface area contributed by atoms with Crippen molar-refractivity contribution in [1.29, 1.82) is 0 Å². The summed E-state index contributed by atoms with van der Waals surface area (Å²) in [6, 6.07) is 0.576. The van der Waals surface area contributed by atoms with E-state index in [9.17, 15) is 0 Å². The number of ether oxygens (including phenoxy) is 1. The highest BCUT2D eigenvalue weighted by atomic mass is 16.5. The van der Waals surface area contributed by atoms with Crippen LogP contribution in [0.3, 0.4) is 0 Å². The van der Waals surface area contributed by atoms with E-state index in [1.807, 2.05) is 0 Å². The molecule has 0 spiro atoms. The van der Waals surface area contributed by atoms with E-state index in [1.54, 1.807) is 12.4 Å². The van der Waals surface area contributed by atoms with E-state index < -0.39 is 0 Å². The molecule has 1 aliphatic heterocycles. The molecular formula is C12H18N4O. The number of piperidine rings is 1. The third kappa shape index (κ3) is 2.20. The number of aromatic nitrogens is 2. The molecule has 2 heterocycles. The summed E-state index contributed by atoms with van der Waals surface area (Å²) >= 11 is 0. The van der Waals surface area contributed by atoms with Gasteiger partial charge in [0.1, 0.15) is 5.82 Å². The van der Waals surface area contributed by atoms with Crippen LogP contribution in [0.4, 0.5) is 5.82 Å². The van der Waals surface area contributed by atoms with Gasteiger partial charge in [0.2, 0.25) is 5.88 Å². The monoisotopic (exact) mass is 234 g/mol. The van der Waals surface area contributed by atoms with Crippen LogP contribution in [0.25, 0.3) is 0 Å². The van der Waals surface area contributed by atoms with Crippen molar-refractivity contribution >= 4 is 5.82 Å². The van der Waals surface area contributed by atoms with Gasteiger partial charge in [-0.05, 0) is 18.3 Å². The zero-order valence-corrected chi connectivity index (χ0v) is 10.0. The average Bonchev–Trinajstić information content (AvgIpc) is 2.79. The molecule has 2 fully saturated rings. The van der Waals surface area contributed by atoms with Crippen LogP contribution in [-0.2, 0) is 0 Å². The van der Waals surface area contributed by atoms with Crippen molar-refractivity contribution in [2.24, 2.45) is 11.8 Å². The fourth-order valence-corrected chi connectivity index (χ4v) is 2.50. The first-order valence-corrected chi connectivity index (χ1v) is 6.30. The lowest BCUT2D eigenvalue weighted by molar-refractivity contribution is 0.304. The Morgan fingerprint density at radius 1 is 1.41 bits per heavy atom. The van der Waals surface area contributed by atoms with Crippen LogP contribution in [0.5, 0.6) is 5.88 Å². The van der Waals surface area contributed by atoms with E-state index in [4.69, 9.17) is 4.74 Å². The van der Waals surface area contributed by atoms with Crippen molar-refractivity contribution in [2.45, 2.75) is 19.4 Å². The fourth-order valence-electron chi connectivity index (χ4n) is 2.50. The highest BCUT2D eigenvalue weighted by Gasteiger charge is 2.53. The van der Waals surface area contributed by atoms with Gasteiger partial charge in [0.15, 0.2) is 0 Å². The van der Waals surface area contributed by atoms with Gasteiger partial charge >= 0.3 is 0 Å². The first-order valence-electron chi connectivity index (χ1n) is 6.30. The SMILES string of the molecule is CCCOc1cncc(NC2C3CNCC32)n1. The van der Waals surface area contributed by atoms with Crippen LogP contribution >= 0.6 is 0 Å². The first kappa shape index (κ1) is 10.8. The largest absolute Gasteiger partial charge is 0.477 e. The van der Waals surface area contributed by atoms with Crippen molar-refractivity contribution < 1.29 is 4.74 Å². The van der Waals surface area contributed by atoms with Gasteiger partial charge < -0.3 is 15.4 Å². The predicted octanol–water partition coefficient (Wildman–Crippen LogP) is 0.895. The zero-order valence-electron chi connectivity index (χ0n) is 10.0. The smallest absolute Gasteiger partial charge is 0.234 e. The van der Waals surface area contributed by atoms with Crippen LogP contribution in [0.1, 0.15) is 13.3 Å². The molecule has 0 radical (unpaired) electrons. The molecule has 17 heavy (non-hydrogen) atoms. The summed E-state index contributed by atoms with van der Waals surface area (Å²) < 4.78 is 5.47. The minimum Gasteiger partial charge on any atom is -0.477 e. The predicted molar refractivity (Wildman–Crippen MR) is 65.1 cm³/mol. The van der Waals surface area contributed by atoms with Gasteiger partial charge in [0.05, 0.1) is 19.0 Å². The van der Waals surface area contributed by atoms with Crippen molar-refractivity contribution in [3.8, 4) is 5.88 Å². The Labute approximate surface area is 101 Å². The van der Waals surface area contributed by atoms with E-state index in [0.29, 0.717) is 18.5 Å². The normalized spacial score (nSPS) is 29.8. The molecule has 1 aromatic rings. The molecule has 1 aromatic heterocycles. The Bertz CT molecular complexity index is 388. The Kier molecular flexibility index (Phi) is 2.84. The Hall–Kier alpha value is -1.36. The summed E-state index contributed by atoms with van der Waals surface area (Å²) in [6.07, 6.45) is 4.41. The van der Waals surface area contributed by atoms with Gasteiger partial charge in [0.25, 0.3) is 0 Å². The Morgan fingerprint density at radius 3 is 3.00 bits per heavy atom. The lowest BCUT2D eigenvalue weighted by atomic mass is 10.4. The van der Waals surface area contributed by atoms with Crippen molar-refractivity contribution in [2.75, 3.05) is 25.0 Å². The number of nitrogens with zero attached hydrogens (tertiary/aromatic N) is 2. The van der Waals surface area contributed by atoms with Gasteiger partial charge in [-0.3, -0.25) is 4.98 Å². The van der Waals surface area contributed by atoms with Crippen LogP contribution in [0, 0.1) is 11.8 Å². The summed E-state index contributed by atoms with van der Waals surface area (Å²) in [5.74, 6) is 2.99. The molecule has 2 N–H and O–H groups in total. The number of anilines is 1. The molecule has 3 rings (SSSR count). The highest BCUT2D eigenvalue weighted by Crippen LogP contribution is 2.43. The van der Waals surface area contributed by atoms with E-state index in [1.165, 1.54) is 0 Å². The molecule has 5 heteroatoms.